The van der Waals surface area contributed by atoms with Gasteiger partial charge in [0.2, 0.25) is 0 Å². The molecule has 30 heavy (non-hydrogen) atoms. The average molecular weight is 452 g/mol. The van der Waals surface area contributed by atoms with Gasteiger partial charge in [0, 0.05) is 10.8 Å². The predicted octanol–water partition coefficient (Wildman–Crippen LogP) is 2.57. The van der Waals surface area contributed by atoms with Crippen LogP contribution < -0.4 is 4.87 Å². The summed E-state index contributed by atoms with van der Waals surface area (Å²) >= 11 is 2.09. The van der Waals surface area contributed by atoms with Crippen LogP contribution in [0, 0.1) is 5.92 Å². The third kappa shape index (κ3) is 4.29. The lowest BCUT2D eigenvalue weighted by molar-refractivity contribution is -0.154. The summed E-state index contributed by atoms with van der Waals surface area (Å²) in [5.74, 6) is -3.08. The molecule has 1 aromatic carbocycles. The number of carbonyl (C=O) groups excluding carboxylic acids is 3. The van der Waals surface area contributed by atoms with Gasteiger partial charge in [0.05, 0.1) is 36.8 Å². The number of hydrogen-bond acceptors (Lipinski definition) is 9. The standard InChI is InChI=1S/C20H21NO7S2/c1-4-27-18(23)13-12(10-6-8-11(9-7-10)17(22)26-3)14-16(21-20(25)30-14)29-15(13)19(24)28-5-2/h6-9,12-13,15H,4-5H2,1-3H3,(H,21,25)/t12-,13+,15+/m0/s1. The Bertz CT molecular complexity index is 995. The summed E-state index contributed by atoms with van der Waals surface area (Å²) in [7, 11) is 1.29. The Morgan fingerprint density at radius 1 is 1.03 bits per heavy atom. The van der Waals surface area contributed by atoms with Crippen molar-refractivity contribution in [3.63, 3.8) is 0 Å². The van der Waals surface area contributed by atoms with Gasteiger partial charge in [-0.1, -0.05) is 35.2 Å². The number of H-pyrrole nitrogens is 1. The van der Waals surface area contributed by atoms with Crippen molar-refractivity contribution in [1.82, 2.24) is 4.98 Å². The first-order valence-corrected chi connectivity index (χ1v) is 11.0. The maximum Gasteiger partial charge on any atom is 0.337 e. The molecule has 1 aliphatic heterocycles. The third-order valence-electron chi connectivity index (χ3n) is 4.62. The molecule has 1 aromatic heterocycles. The maximum absolute atomic E-state index is 12.9. The lowest BCUT2D eigenvalue weighted by Crippen LogP contribution is -2.41. The first-order chi connectivity index (χ1) is 14.4. The zero-order valence-electron chi connectivity index (χ0n) is 16.6. The molecule has 2 aromatic rings. The predicted molar refractivity (Wildman–Crippen MR) is 111 cm³/mol. The monoisotopic (exact) mass is 451 g/mol. The summed E-state index contributed by atoms with van der Waals surface area (Å²) < 4.78 is 15.2. The van der Waals surface area contributed by atoms with Crippen LogP contribution >= 0.6 is 23.1 Å². The molecule has 0 aliphatic carbocycles. The molecule has 0 amide bonds. The van der Waals surface area contributed by atoms with Gasteiger partial charge >= 0.3 is 22.8 Å². The van der Waals surface area contributed by atoms with Gasteiger partial charge < -0.3 is 19.2 Å². The van der Waals surface area contributed by atoms with Crippen molar-refractivity contribution >= 4 is 41.0 Å². The molecule has 0 fully saturated rings. The first kappa shape index (κ1) is 22.1. The SMILES string of the molecule is CCOC(=O)[C@@H]1[C@H](c2ccc(C(=O)OC)cc2)c2sc(=O)[nH]c2S[C@H]1C(=O)OCC. The van der Waals surface area contributed by atoms with E-state index in [-0.39, 0.29) is 18.1 Å². The molecule has 2 heterocycles. The van der Waals surface area contributed by atoms with Crippen molar-refractivity contribution in [2.75, 3.05) is 20.3 Å². The minimum absolute atomic E-state index is 0.153. The first-order valence-electron chi connectivity index (χ1n) is 9.32. The number of hydrogen-bond donors (Lipinski definition) is 1. The van der Waals surface area contributed by atoms with Crippen molar-refractivity contribution in [3.8, 4) is 0 Å². The molecule has 0 unspecified atom stereocenters. The number of nitrogens with one attached hydrogen (secondary N) is 1. The average Bonchev–Trinajstić information content (AvgIpc) is 3.12. The van der Waals surface area contributed by atoms with Crippen LogP contribution in [0.4, 0.5) is 0 Å². The number of rotatable bonds is 6. The normalized spacial score (nSPS) is 20.2. The van der Waals surface area contributed by atoms with E-state index in [1.165, 1.54) is 7.11 Å². The third-order valence-corrected chi connectivity index (χ3v) is 7.02. The van der Waals surface area contributed by atoms with Crippen molar-refractivity contribution in [3.05, 3.63) is 49.9 Å². The van der Waals surface area contributed by atoms with Crippen LogP contribution in [-0.4, -0.2) is 48.5 Å². The Morgan fingerprint density at radius 3 is 2.27 bits per heavy atom. The van der Waals surface area contributed by atoms with Crippen LogP contribution in [0.3, 0.4) is 0 Å². The van der Waals surface area contributed by atoms with E-state index in [2.05, 4.69) is 4.98 Å². The van der Waals surface area contributed by atoms with E-state index in [9.17, 15) is 19.2 Å². The molecule has 3 atom stereocenters. The second kappa shape index (κ2) is 9.48. The fourth-order valence-corrected chi connectivity index (χ4v) is 5.84. The molecular formula is C20H21NO7S2. The molecule has 8 nitrogen and oxygen atoms in total. The van der Waals surface area contributed by atoms with E-state index >= 15 is 0 Å². The second-order valence-electron chi connectivity index (χ2n) is 6.37. The second-order valence-corrected chi connectivity index (χ2v) is 8.53. The number of thiazole rings is 1. The Balaban J connectivity index is 2.13. The summed E-state index contributed by atoms with van der Waals surface area (Å²) in [5, 5.41) is -0.349. The molecule has 1 N–H and O–H groups in total. The number of fused-ring (bicyclic) bond motifs is 1. The number of ether oxygens (including phenoxy) is 3. The van der Waals surface area contributed by atoms with E-state index in [1.807, 2.05) is 0 Å². The number of aromatic nitrogens is 1. The molecule has 0 saturated heterocycles. The summed E-state index contributed by atoms with van der Waals surface area (Å²) in [4.78, 5) is 52.6. The fraction of sp³-hybridized carbons (Fsp3) is 0.400. The van der Waals surface area contributed by atoms with E-state index in [0.29, 0.717) is 21.0 Å². The van der Waals surface area contributed by atoms with Crippen molar-refractivity contribution in [2.45, 2.75) is 30.0 Å². The molecule has 0 radical (unpaired) electrons. The van der Waals surface area contributed by atoms with E-state index in [4.69, 9.17) is 14.2 Å². The highest BCUT2D eigenvalue weighted by molar-refractivity contribution is 8.00. The number of methoxy groups -OCH3 is 1. The summed E-state index contributed by atoms with van der Waals surface area (Å²) in [6.45, 7) is 3.69. The number of aromatic amines is 1. The zero-order chi connectivity index (χ0) is 21.8. The summed E-state index contributed by atoms with van der Waals surface area (Å²) in [6.07, 6.45) is 0. The topological polar surface area (TPSA) is 112 Å². The summed E-state index contributed by atoms with van der Waals surface area (Å²) in [5.41, 5.74) is 1.02. The Labute approximate surface area is 180 Å². The van der Waals surface area contributed by atoms with Crippen LogP contribution in [0.15, 0.2) is 34.1 Å². The highest BCUT2D eigenvalue weighted by Gasteiger charge is 2.49. The van der Waals surface area contributed by atoms with Crippen molar-refractivity contribution in [2.24, 2.45) is 5.92 Å². The number of carbonyl (C=O) groups is 3. The van der Waals surface area contributed by atoms with Crippen LogP contribution in [0.2, 0.25) is 0 Å². The molecule has 0 spiro atoms. The zero-order valence-corrected chi connectivity index (χ0v) is 18.3. The van der Waals surface area contributed by atoms with Crippen LogP contribution in [0.1, 0.15) is 40.6 Å². The Kier molecular flexibility index (Phi) is 6.99. The maximum atomic E-state index is 12.9. The minimum Gasteiger partial charge on any atom is -0.466 e. The lowest BCUT2D eigenvalue weighted by Gasteiger charge is -2.34. The van der Waals surface area contributed by atoms with Crippen molar-refractivity contribution < 1.29 is 28.6 Å². The quantitative estimate of drug-likeness (QED) is 0.527. The summed E-state index contributed by atoms with van der Waals surface area (Å²) in [6, 6.07) is 6.55. The van der Waals surface area contributed by atoms with Gasteiger partial charge in [-0.05, 0) is 31.5 Å². The van der Waals surface area contributed by atoms with Gasteiger partial charge in [0.25, 0.3) is 0 Å². The van der Waals surface area contributed by atoms with Crippen LogP contribution in [0.5, 0.6) is 0 Å². The number of thioether (sulfide) groups is 1. The number of esters is 3. The smallest absolute Gasteiger partial charge is 0.337 e. The number of benzene rings is 1. The van der Waals surface area contributed by atoms with Gasteiger partial charge in [0.1, 0.15) is 5.25 Å². The van der Waals surface area contributed by atoms with Crippen molar-refractivity contribution in [1.29, 1.82) is 0 Å². The highest BCUT2D eigenvalue weighted by atomic mass is 32.2. The lowest BCUT2D eigenvalue weighted by atomic mass is 9.82. The van der Waals surface area contributed by atoms with Crippen LogP contribution in [0.25, 0.3) is 0 Å². The van der Waals surface area contributed by atoms with Gasteiger partial charge in [-0.25, -0.2) is 4.79 Å². The minimum atomic E-state index is -0.892. The van der Waals surface area contributed by atoms with Gasteiger partial charge in [-0.3, -0.25) is 14.4 Å². The van der Waals surface area contributed by atoms with Gasteiger partial charge in [-0.2, -0.15) is 0 Å². The molecule has 0 saturated carbocycles. The Hall–Kier alpha value is -2.59. The molecule has 10 heteroatoms. The van der Waals surface area contributed by atoms with Gasteiger partial charge in [-0.15, -0.1) is 0 Å². The molecular weight excluding hydrogens is 430 g/mol. The van der Waals surface area contributed by atoms with Gasteiger partial charge in [0.15, 0.2) is 0 Å². The van der Waals surface area contributed by atoms with Crippen LogP contribution in [-0.2, 0) is 23.8 Å². The molecule has 160 valence electrons. The van der Waals surface area contributed by atoms with E-state index in [1.54, 1.807) is 38.1 Å². The fourth-order valence-electron chi connectivity index (χ4n) is 3.38. The van der Waals surface area contributed by atoms with E-state index < -0.39 is 35.0 Å². The molecule has 1 aliphatic rings. The molecule has 3 rings (SSSR count). The van der Waals surface area contributed by atoms with E-state index in [0.717, 1.165) is 23.1 Å². The highest BCUT2D eigenvalue weighted by Crippen LogP contribution is 2.49. The Morgan fingerprint density at radius 2 is 1.67 bits per heavy atom. The largest absolute Gasteiger partial charge is 0.466 e. The molecule has 0 bridgehead atoms.